The third-order valence-corrected chi connectivity index (χ3v) is 3.69. The lowest BCUT2D eigenvalue weighted by Gasteiger charge is -2.16. The van der Waals surface area contributed by atoms with Crippen LogP contribution in [0.2, 0.25) is 0 Å². The molecule has 2 N–H and O–H groups in total. The Labute approximate surface area is 122 Å². The first-order chi connectivity index (χ1) is 10.2. The summed E-state index contributed by atoms with van der Waals surface area (Å²) in [5.41, 5.74) is 1.86. The van der Waals surface area contributed by atoms with Crippen molar-refractivity contribution in [1.82, 2.24) is 20.0 Å². The molecule has 3 heterocycles. The van der Waals surface area contributed by atoms with E-state index >= 15 is 0 Å². The molecule has 2 atom stereocenters. The van der Waals surface area contributed by atoms with Gasteiger partial charge >= 0.3 is 0 Å². The summed E-state index contributed by atoms with van der Waals surface area (Å²) in [5.74, 6) is 0.275. The molecule has 112 valence electrons. The van der Waals surface area contributed by atoms with Crippen LogP contribution < -0.4 is 5.32 Å². The Morgan fingerprint density at radius 3 is 3.14 bits per heavy atom. The maximum Gasteiger partial charge on any atom is 0.231 e. The third kappa shape index (κ3) is 2.82. The van der Waals surface area contributed by atoms with Crippen molar-refractivity contribution >= 4 is 11.7 Å². The van der Waals surface area contributed by atoms with Gasteiger partial charge in [0.1, 0.15) is 0 Å². The minimum absolute atomic E-state index is 0.0618. The lowest BCUT2D eigenvalue weighted by atomic mass is 9.96. The van der Waals surface area contributed by atoms with Crippen LogP contribution in [0.3, 0.4) is 0 Å². The summed E-state index contributed by atoms with van der Waals surface area (Å²) in [6, 6.07) is 1.80. The molecule has 3 rings (SSSR count). The number of amides is 1. The van der Waals surface area contributed by atoms with Gasteiger partial charge in [0.15, 0.2) is 5.82 Å². The Balaban J connectivity index is 1.72. The van der Waals surface area contributed by atoms with Crippen LogP contribution in [0.5, 0.6) is 0 Å². The highest BCUT2D eigenvalue weighted by atomic mass is 16.5. The smallest absolute Gasteiger partial charge is 0.231 e. The lowest BCUT2D eigenvalue weighted by Crippen LogP contribution is -2.25. The van der Waals surface area contributed by atoms with E-state index < -0.39 is 0 Å². The largest absolute Gasteiger partial charge is 0.373 e. The second kappa shape index (κ2) is 5.69. The minimum Gasteiger partial charge on any atom is -0.373 e. The molecule has 1 aliphatic rings. The molecule has 7 heteroatoms. The fourth-order valence-corrected chi connectivity index (χ4v) is 2.59. The Hall–Kier alpha value is -2.15. The first-order valence-electron chi connectivity index (χ1n) is 7.14. The average molecular weight is 289 g/mol. The number of hydrogen-bond donors (Lipinski definition) is 2. The van der Waals surface area contributed by atoms with Gasteiger partial charge in [0.05, 0.1) is 18.2 Å². The van der Waals surface area contributed by atoms with Crippen LogP contribution >= 0.6 is 0 Å². The predicted octanol–water partition coefficient (Wildman–Crippen LogP) is 1.65. The number of nitrogens with zero attached hydrogens (tertiary/aromatic N) is 3. The Kier molecular flexibility index (Phi) is 3.74. The number of nitrogens with one attached hydrogen (secondary N) is 2. The number of anilines is 1. The fourth-order valence-electron chi connectivity index (χ4n) is 2.59. The van der Waals surface area contributed by atoms with Gasteiger partial charge in [-0.2, -0.15) is 10.2 Å². The van der Waals surface area contributed by atoms with E-state index in [1.807, 2.05) is 24.7 Å². The number of rotatable bonds is 4. The van der Waals surface area contributed by atoms with Crippen molar-refractivity contribution in [2.45, 2.75) is 32.9 Å². The van der Waals surface area contributed by atoms with Gasteiger partial charge in [0.2, 0.25) is 5.91 Å². The monoisotopic (exact) mass is 289 g/mol. The van der Waals surface area contributed by atoms with E-state index in [1.54, 1.807) is 12.3 Å². The summed E-state index contributed by atoms with van der Waals surface area (Å²) in [6.07, 6.45) is 4.19. The number of H-pyrrole nitrogens is 1. The van der Waals surface area contributed by atoms with Gasteiger partial charge in [-0.3, -0.25) is 14.6 Å². The van der Waals surface area contributed by atoms with E-state index in [-0.39, 0.29) is 17.9 Å². The zero-order chi connectivity index (χ0) is 14.8. The Morgan fingerprint density at radius 2 is 2.48 bits per heavy atom. The summed E-state index contributed by atoms with van der Waals surface area (Å²) >= 11 is 0. The van der Waals surface area contributed by atoms with Crippen LogP contribution in [-0.4, -0.2) is 32.5 Å². The molecule has 0 unspecified atom stereocenters. The molecule has 1 amide bonds. The molecule has 0 radical (unpaired) electrons. The molecule has 21 heavy (non-hydrogen) atoms. The number of hydrogen-bond acceptors (Lipinski definition) is 4. The molecule has 1 saturated heterocycles. The summed E-state index contributed by atoms with van der Waals surface area (Å²) in [4.78, 5) is 12.4. The molecule has 0 spiro atoms. The minimum atomic E-state index is -0.231. The van der Waals surface area contributed by atoms with Crippen molar-refractivity contribution in [2.75, 3.05) is 11.9 Å². The van der Waals surface area contributed by atoms with Crippen molar-refractivity contribution in [3.05, 3.63) is 29.7 Å². The maximum absolute atomic E-state index is 12.4. The Morgan fingerprint density at radius 1 is 1.62 bits per heavy atom. The number of carbonyl (C=O) groups excluding carboxylic acids is 1. The zero-order valence-electron chi connectivity index (χ0n) is 12.2. The number of carbonyl (C=O) groups is 1. The van der Waals surface area contributed by atoms with Crippen molar-refractivity contribution in [3.8, 4) is 0 Å². The lowest BCUT2D eigenvalue weighted by molar-refractivity contribution is -0.121. The standard InChI is InChI=1S/C14H19N5O2/c1-3-19-8-10(7-15-19)13-11(4-5-21-13)14(20)16-12-6-9(2)17-18-12/h6-8,11,13H,3-5H2,1-2H3,(H2,16,17,18,20)/t11-,13+/m0/s1. The van der Waals surface area contributed by atoms with Gasteiger partial charge in [0.25, 0.3) is 0 Å². The van der Waals surface area contributed by atoms with Crippen LogP contribution in [0.1, 0.15) is 30.7 Å². The van der Waals surface area contributed by atoms with E-state index in [0.717, 1.165) is 17.8 Å². The highest BCUT2D eigenvalue weighted by molar-refractivity contribution is 5.92. The number of aromatic amines is 1. The van der Waals surface area contributed by atoms with Crippen molar-refractivity contribution in [1.29, 1.82) is 0 Å². The highest BCUT2D eigenvalue weighted by Gasteiger charge is 2.36. The van der Waals surface area contributed by atoms with E-state index in [4.69, 9.17) is 4.74 Å². The second-order valence-electron chi connectivity index (χ2n) is 5.24. The number of aromatic nitrogens is 4. The van der Waals surface area contributed by atoms with Gasteiger partial charge in [-0.05, 0) is 20.3 Å². The summed E-state index contributed by atoms with van der Waals surface area (Å²) < 4.78 is 7.57. The van der Waals surface area contributed by atoms with Crippen molar-refractivity contribution < 1.29 is 9.53 Å². The normalized spacial score (nSPS) is 21.6. The first kappa shape index (κ1) is 13.8. The molecule has 2 aromatic rings. The quantitative estimate of drug-likeness (QED) is 0.896. The van der Waals surface area contributed by atoms with Crippen LogP contribution in [0.15, 0.2) is 18.5 Å². The summed E-state index contributed by atoms with van der Waals surface area (Å²) in [7, 11) is 0. The van der Waals surface area contributed by atoms with E-state index in [0.29, 0.717) is 18.8 Å². The molecular formula is C14H19N5O2. The van der Waals surface area contributed by atoms with Crippen LogP contribution in [-0.2, 0) is 16.1 Å². The molecular weight excluding hydrogens is 270 g/mol. The van der Waals surface area contributed by atoms with Gasteiger partial charge in [-0.1, -0.05) is 0 Å². The molecule has 0 aliphatic carbocycles. The molecule has 1 aliphatic heterocycles. The van der Waals surface area contributed by atoms with Crippen LogP contribution in [0.25, 0.3) is 0 Å². The average Bonchev–Trinajstić information content (AvgIpc) is 3.17. The van der Waals surface area contributed by atoms with E-state index in [1.165, 1.54) is 0 Å². The molecule has 7 nitrogen and oxygen atoms in total. The van der Waals surface area contributed by atoms with E-state index in [2.05, 4.69) is 20.6 Å². The van der Waals surface area contributed by atoms with Crippen molar-refractivity contribution in [2.24, 2.45) is 5.92 Å². The Bertz CT molecular complexity index is 633. The fraction of sp³-hybridized carbons (Fsp3) is 0.500. The molecule has 0 aromatic carbocycles. The second-order valence-corrected chi connectivity index (χ2v) is 5.24. The van der Waals surface area contributed by atoms with E-state index in [9.17, 15) is 4.79 Å². The SMILES string of the molecule is CCn1cc([C@H]2OCC[C@@H]2C(=O)Nc2cc(C)[nH]n2)cn1. The molecule has 0 saturated carbocycles. The number of aryl methyl sites for hydroxylation is 2. The summed E-state index contributed by atoms with van der Waals surface area (Å²) in [5, 5.41) is 13.9. The molecule has 0 bridgehead atoms. The van der Waals surface area contributed by atoms with Crippen LogP contribution in [0, 0.1) is 12.8 Å². The molecule has 2 aromatic heterocycles. The predicted molar refractivity (Wildman–Crippen MR) is 76.7 cm³/mol. The van der Waals surface area contributed by atoms with Crippen molar-refractivity contribution in [3.63, 3.8) is 0 Å². The number of ether oxygens (including phenoxy) is 1. The topological polar surface area (TPSA) is 84.8 Å². The van der Waals surface area contributed by atoms with Crippen LogP contribution in [0.4, 0.5) is 5.82 Å². The maximum atomic E-state index is 12.4. The van der Waals surface area contributed by atoms with Gasteiger partial charge < -0.3 is 10.1 Å². The first-order valence-corrected chi connectivity index (χ1v) is 7.14. The van der Waals surface area contributed by atoms with Gasteiger partial charge in [-0.15, -0.1) is 0 Å². The third-order valence-electron chi connectivity index (χ3n) is 3.69. The zero-order valence-corrected chi connectivity index (χ0v) is 12.2. The van der Waals surface area contributed by atoms with Gasteiger partial charge in [-0.25, -0.2) is 0 Å². The molecule has 1 fully saturated rings. The highest BCUT2D eigenvalue weighted by Crippen LogP contribution is 2.35. The van der Waals surface area contributed by atoms with Gasteiger partial charge in [0, 0.05) is 36.7 Å². The summed E-state index contributed by atoms with van der Waals surface area (Å²) in [6.45, 7) is 5.30.